The molecule has 4 aromatic heterocycles. The van der Waals surface area contributed by atoms with Gasteiger partial charge in [-0.05, 0) is 72.2 Å². The third-order valence-corrected chi connectivity index (χ3v) is 8.43. The summed E-state index contributed by atoms with van der Waals surface area (Å²) < 4.78 is 175. The quantitative estimate of drug-likeness (QED) is 0.135. The molecule has 0 saturated carbocycles. The third kappa shape index (κ3) is 5.76. The largest absolute Gasteiger partial charge is 0.418 e. The molecule has 5 heterocycles. The Labute approximate surface area is 265 Å². The lowest BCUT2D eigenvalue weighted by Crippen LogP contribution is -2.12. The Hall–Kier alpha value is -4.24. The van der Waals surface area contributed by atoms with Gasteiger partial charge in [-0.15, -0.1) is 0 Å². The molecule has 4 aromatic rings. The van der Waals surface area contributed by atoms with Crippen LogP contribution in [0.15, 0.2) is 0 Å². The van der Waals surface area contributed by atoms with Gasteiger partial charge in [0.1, 0.15) is 0 Å². The molecule has 0 atom stereocenters. The van der Waals surface area contributed by atoms with E-state index in [9.17, 15) is 52.7 Å². The zero-order valence-electron chi connectivity index (χ0n) is 25.7. The number of alkyl halides is 12. The van der Waals surface area contributed by atoms with Crippen LogP contribution >= 0.6 is 0 Å². The van der Waals surface area contributed by atoms with Gasteiger partial charge >= 0.3 is 24.7 Å². The number of nitrogens with one attached hydrogen (secondary N) is 4. The van der Waals surface area contributed by atoms with E-state index in [1.165, 1.54) is 27.7 Å². The van der Waals surface area contributed by atoms with Crippen LogP contribution in [0.4, 0.5) is 52.7 Å². The molecule has 1 aliphatic heterocycles. The van der Waals surface area contributed by atoms with Crippen LogP contribution in [0.2, 0.25) is 0 Å². The van der Waals surface area contributed by atoms with Crippen molar-refractivity contribution in [3.05, 3.63) is 67.3 Å². The van der Waals surface area contributed by atoms with Crippen molar-refractivity contribution in [3.63, 3.8) is 0 Å². The predicted octanol–water partition coefficient (Wildman–Crippen LogP) is 11.3. The van der Waals surface area contributed by atoms with E-state index in [0.717, 1.165) is 24.3 Å². The first-order valence-corrected chi connectivity index (χ1v) is 14.8. The topological polar surface area (TPSA) is 63.2 Å². The van der Waals surface area contributed by atoms with Crippen molar-refractivity contribution in [2.45, 2.75) is 78.1 Å². The highest BCUT2D eigenvalue weighted by Gasteiger charge is 2.46. The predicted molar refractivity (Wildman–Crippen MR) is 157 cm³/mol. The van der Waals surface area contributed by atoms with E-state index in [2.05, 4.69) is 19.9 Å². The Bertz CT molecular complexity index is 1640. The molecule has 260 valence electrons. The standard InChI is InChI=1S/C32H28F12N4/c1-5-13-17-9-10-18-14(6-2)23(31(39,40)41)27(47-18)28-24(32(42,43)44)16(8-4)20(48-28)12-11-19-15(7-3)22(30(36,37)38)26(46-19)25(45-17)21(13)29(33,34)35/h9-12,45-48H,5-8H2,1-4H3/b10-9-,12-11-,17-9?,18-10?,19-11?,20-12?,26-25?,28-27?. The van der Waals surface area contributed by atoms with Crippen LogP contribution in [0.1, 0.15) is 95.0 Å². The fourth-order valence-electron chi connectivity index (χ4n) is 6.61. The maximum absolute atomic E-state index is 14.6. The number of aromatic nitrogens is 4. The molecule has 0 radical (unpaired) electrons. The van der Waals surface area contributed by atoms with Crippen molar-refractivity contribution in [2.75, 3.05) is 0 Å². The summed E-state index contributed by atoms with van der Waals surface area (Å²) in [7, 11) is 0. The molecule has 48 heavy (non-hydrogen) atoms. The van der Waals surface area contributed by atoms with Gasteiger partial charge in [-0.3, -0.25) is 0 Å². The van der Waals surface area contributed by atoms with Crippen LogP contribution in [0, 0.1) is 0 Å². The Morgan fingerprint density at radius 3 is 0.646 bits per heavy atom. The van der Waals surface area contributed by atoms with E-state index < -0.39 is 92.0 Å². The highest BCUT2D eigenvalue weighted by Crippen LogP contribution is 2.49. The van der Waals surface area contributed by atoms with Gasteiger partial charge in [0.25, 0.3) is 0 Å². The fourth-order valence-corrected chi connectivity index (χ4v) is 6.61. The first-order chi connectivity index (χ1) is 22.2. The molecule has 5 rings (SSSR count). The smallest absolute Gasteiger partial charge is 0.353 e. The molecule has 1 aliphatic rings. The molecule has 8 bridgehead atoms. The van der Waals surface area contributed by atoms with Gasteiger partial charge in [0.15, 0.2) is 0 Å². The summed E-state index contributed by atoms with van der Waals surface area (Å²) in [5.74, 6) is 0. The average Bonchev–Trinajstić information content (AvgIpc) is 3.71. The second-order valence-corrected chi connectivity index (χ2v) is 11.1. The summed E-state index contributed by atoms with van der Waals surface area (Å²) in [6, 6.07) is 0. The molecule has 0 unspecified atom stereocenters. The third-order valence-electron chi connectivity index (χ3n) is 8.43. The minimum atomic E-state index is -5.16. The number of H-pyrrole nitrogens is 4. The SMILES string of the molecule is CCc1c2[nH]c(c1C(F)(F)F)-c1[nH]c(c(CC)c1C(F)(F)F)/C=C\c1[nH]c(c(C(F)(F)F)c1CC)-c1[nH]c(c(CC)c1C(F)(F)F)/C=C\2. The lowest BCUT2D eigenvalue weighted by Gasteiger charge is -2.13. The van der Waals surface area contributed by atoms with Crippen LogP contribution in [-0.2, 0) is 50.4 Å². The number of aromatic amines is 4. The average molecular weight is 697 g/mol. The number of hydrogen-bond acceptors (Lipinski definition) is 0. The van der Waals surface area contributed by atoms with Crippen molar-refractivity contribution < 1.29 is 52.7 Å². The number of fused-ring (bicyclic) bond motifs is 10. The second-order valence-electron chi connectivity index (χ2n) is 11.1. The van der Waals surface area contributed by atoms with Gasteiger partial charge in [0.2, 0.25) is 0 Å². The van der Waals surface area contributed by atoms with E-state index >= 15 is 0 Å². The molecular weight excluding hydrogens is 668 g/mol. The summed E-state index contributed by atoms with van der Waals surface area (Å²) in [5.41, 5.74) is -12.6. The summed E-state index contributed by atoms with van der Waals surface area (Å²) in [4.78, 5) is 9.70. The molecule has 16 heteroatoms. The molecule has 0 amide bonds. The minimum absolute atomic E-state index is 0.343. The second kappa shape index (κ2) is 11.7. The summed E-state index contributed by atoms with van der Waals surface area (Å²) in [6.45, 7) is 5.30. The molecule has 4 nitrogen and oxygen atoms in total. The highest BCUT2D eigenvalue weighted by molar-refractivity contribution is 5.83. The molecule has 0 spiro atoms. The van der Waals surface area contributed by atoms with E-state index in [1.807, 2.05) is 0 Å². The van der Waals surface area contributed by atoms with Crippen LogP contribution in [0.5, 0.6) is 0 Å². The van der Waals surface area contributed by atoms with Gasteiger partial charge in [-0.1, -0.05) is 27.7 Å². The van der Waals surface area contributed by atoms with Gasteiger partial charge in [-0.2, -0.15) is 52.7 Å². The van der Waals surface area contributed by atoms with Crippen molar-refractivity contribution in [2.24, 2.45) is 0 Å². The number of halogens is 12. The van der Waals surface area contributed by atoms with E-state index in [-0.39, 0.29) is 48.5 Å². The summed E-state index contributed by atoms with van der Waals surface area (Å²) in [5, 5.41) is 0. The van der Waals surface area contributed by atoms with Crippen LogP contribution < -0.4 is 0 Å². The molecule has 0 aliphatic carbocycles. The van der Waals surface area contributed by atoms with Gasteiger partial charge in [-0.25, -0.2) is 0 Å². The first-order valence-electron chi connectivity index (χ1n) is 14.8. The van der Waals surface area contributed by atoms with Crippen LogP contribution in [-0.4, -0.2) is 19.9 Å². The summed E-state index contributed by atoms with van der Waals surface area (Å²) >= 11 is 0. The van der Waals surface area contributed by atoms with Gasteiger partial charge in [0.05, 0.1) is 45.0 Å². The molecule has 4 N–H and O–H groups in total. The number of rotatable bonds is 4. The lowest BCUT2D eigenvalue weighted by atomic mass is 9.98. The van der Waals surface area contributed by atoms with E-state index in [0.29, 0.717) is 0 Å². The Balaban J connectivity index is 2.01. The van der Waals surface area contributed by atoms with Gasteiger partial charge < -0.3 is 19.9 Å². The zero-order valence-corrected chi connectivity index (χ0v) is 25.7. The van der Waals surface area contributed by atoms with Crippen molar-refractivity contribution >= 4 is 24.3 Å². The zero-order chi connectivity index (χ0) is 35.7. The Morgan fingerprint density at radius 2 is 0.521 bits per heavy atom. The fraction of sp³-hybridized carbons (Fsp3) is 0.375. The maximum atomic E-state index is 14.6. The van der Waals surface area contributed by atoms with Crippen LogP contribution in [0.25, 0.3) is 47.1 Å². The van der Waals surface area contributed by atoms with E-state index in [1.54, 1.807) is 0 Å². The van der Waals surface area contributed by atoms with E-state index in [4.69, 9.17) is 0 Å². The summed E-state index contributed by atoms with van der Waals surface area (Å²) in [6.07, 6.45) is -18.1. The molecular formula is C32H28F12N4. The molecule has 0 fully saturated rings. The Kier molecular flexibility index (Phi) is 8.57. The lowest BCUT2D eigenvalue weighted by molar-refractivity contribution is -0.139. The van der Waals surface area contributed by atoms with Crippen molar-refractivity contribution in [1.82, 2.24) is 19.9 Å². The van der Waals surface area contributed by atoms with Crippen molar-refractivity contribution in [3.8, 4) is 22.8 Å². The Morgan fingerprint density at radius 1 is 0.354 bits per heavy atom. The minimum Gasteiger partial charge on any atom is -0.353 e. The molecule has 0 aromatic carbocycles. The van der Waals surface area contributed by atoms with Crippen LogP contribution in [0.3, 0.4) is 0 Å². The first kappa shape index (κ1) is 35.1. The normalized spacial score (nSPS) is 15.3. The monoisotopic (exact) mass is 696 g/mol. The maximum Gasteiger partial charge on any atom is 0.418 e. The highest BCUT2D eigenvalue weighted by atomic mass is 19.4. The number of hydrogen-bond donors (Lipinski definition) is 4. The van der Waals surface area contributed by atoms with Crippen molar-refractivity contribution in [1.29, 1.82) is 0 Å². The molecule has 0 saturated heterocycles. The van der Waals surface area contributed by atoms with Gasteiger partial charge in [0, 0.05) is 22.8 Å².